The van der Waals surface area contributed by atoms with Crippen molar-refractivity contribution in [1.29, 1.82) is 0 Å². The third kappa shape index (κ3) is 5.24. The van der Waals surface area contributed by atoms with E-state index in [9.17, 15) is 4.79 Å². The molecule has 0 amide bonds. The number of hydrogen-bond donors (Lipinski definition) is 1. The first kappa shape index (κ1) is 14.1. The van der Waals surface area contributed by atoms with Crippen LogP contribution in [0.2, 0.25) is 0 Å². The lowest BCUT2D eigenvalue weighted by Crippen LogP contribution is -2.27. The molecule has 0 spiro atoms. The Morgan fingerprint density at radius 1 is 1.35 bits per heavy atom. The van der Waals surface area contributed by atoms with Gasteiger partial charge in [-0.15, -0.1) is 0 Å². The van der Waals surface area contributed by atoms with Gasteiger partial charge in [-0.05, 0) is 18.9 Å². The van der Waals surface area contributed by atoms with Gasteiger partial charge in [-0.2, -0.15) is 12.6 Å². The Bertz CT molecular complexity index is 340. The Morgan fingerprint density at radius 2 is 2.00 bits per heavy atom. The number of carbonyl (C=O) groups excluding carboxylic acids is 1. The predicted octanol–water partition coefficient (Wildman–Crippen LogP) is 2.11. The second-order valence-electron chi connectivity index (χ2n) is 3.91. The van der Waals surface area contributed by atoms with Crippen molar-refractivity contribution in [3.8, 4) is 0 Å². The monoisotopic (exact) mass is 254 g/mol. The van der Waals surface area contributed by atoms with Gasteiger partial charge in [0.2, 0.25) is 0 Å². The van der Waals surface area contributed by atoms with Gasteiger partial charge in [-0.1, -0.05) is 30.3 Å². The van der Waals surface area contributed by atoms with Crippen LogP contribution in [-0.2, 0) is 20.7 Å². The number of ether oxygens (including phenoxy) is 2. The zero-order chi connectivity index (χ0) is 12.7. The van der Waals surface area contributed by atoms with E-state index in [1.165, 1.54) is 0 Å². The van der Waals surface area contributed by atoms with Gasteiger partial charge in [-0.3, -0.25) is 4.79 Å². The molecule has 0 saturated carbocycles. The van der Waals surface area contributed by atoms with Crippen LogP contribution < -0.4 is 0 Å². The van der Waals surface area contributed by atoms with Crippen molar-refractivity contribution >= 4 is 18.6 Å². The van der Waals surface area contributed by atoms with E-state index in [1.807, 2.05) is 30.3 Å². The van der Waals surface area contributed by atoms with E-state index in [-0.39, 0.29) is 12.1 Å². The molecule has 0 aromatic heterocycles. The number of methoxy groups -OCH3 is 1. The van der Waals surface area contributed by atoms with Gasteiger partial charge in [0.1, 0.15) is 11.4 Å². The number of carbonyl (C=O) groups is 1. The van der Waals surface area contributed by atoms with Crippen molar-refractivity contribution in [3.05, 3.63) is 35.9 Å². The lowest BCUT2D eigenvalue weighted by atomic mass is 10.1. The van der Waals surface area contributed by atoms with Crippen LogP contribution in [0.5, 0.6) is 0 Å². The fourth-order valence-corrected chi connectivity index (χ4v) is 1.74. The molecule has 0 radical (unpaired) electrons. The van der Waals surface area contributed by atoms with Gasteiger partial charge in [0, 0.05) is 7.11 Å². The summed E-state index contributed by atoms with van der Waals surface area (Å²) < 4.78 is 10.1. The second-order valence-corrected chi connectivity index (χ2v) is 4.53. The molecule has 2 unspecified atom stereocenters. The minimum Gasteiger partial charge on any atom is -0.459 e. The summed E-state index contributed by atoms with van der Waals surface area (Å²) >= 11 is 4.26. The summed E-state index contributed by atoms with van der Waals surface area (Å²) in [7, 11) is 1.58. The van der Waals surface area contributed by atoms with Crippen LogP contribution in [0, 0.1) is 0 Å². The molecule has 4 heteroatoms. The first-order valence-corrected chi connectivity index (χ1v) is 6.06. The van der Waals surface area contributed by atoms with Crippen LogP contribution in [0.15, 0.2) is 30.3 Å². The summed E-state index contributed by atoms with van der Waals surface area (Å²) in [4.78, 5) is 11.7. The molecule has 0 aliphatic rings. The van der Waals surface area contributed by atoms with Crippen molar-refractivity contribution in [3.63, 3.8) is 0 Å². The molecule has 17 heavy (non-hydrogen) atoms. The highest BCUT2D eigenvalue weighted by molar-refractivity contribution is 7.81. The van der Waals surface area contributed by atoms with Gasteiger partial charge in [0.15, 0.2) is 0 Å². The Hall–Kier alpha value is -1.00. The van der Waals surface area contributed by atoms with Crippen LogP contribution >= 0.6 is 12.6 Å². The zero-order valence-corrected chi connectivity index (χ0v) is 11.0. The van der Waals surface area contributed by atoms with E-state index in [0.717, 1.165) is 5.56 Å². The largest absolute Gasteiger partial charge is 0.459 e. The number of thiol groups is 1. The molecule has 0 fully saturated rings. The number of benzene rings is 1. The van der Waals surface area contributed by atoms with Gasteiger partial charge in [0.05, 0.1) is 6.61 Å². The molecular formula is C13H18O3S. The molecule has 0 aliphatic carbocycles. The van der Waals surface area contributed by atoms with Gasteiger partial charge in [-0.25, -0.2) is 0 Å². The second kappa shape index (κ2) is 7.35. The molecule has 0 saturated heterocycles. The lowest BCUT2D eigenvalue weighted by Gasteiger charge is -2.15. The Kier molecular flexibility index (Phi) is 6.08. The zero-order valence-electron chi connectivity index (χ0n) is 10.1. The van der Waals surface area contributed by atoms with Crippen LogP contribution in [0.1, 0.15) is 12.5 Å². The van der Waals surface area contributed by atoms with Gasteiger partial charge in [0.25, 0.3) is 0 Å². The molecule has 94 valence electrons. The van der Waals surface area contributed by atoms with Crippen molar-refractivity contribution in [2.75, 3.05) is 13.7 Å². The SMILES string of the molecule is COCC(C)OC(=O)C(S)Cc1ccccc1. The molecular weight excluding hydrogens is 236 g/mol. The normalized spacial score (nSPS) is 14.1. The highest BCUT2D eigenvalue weighted by Crippen LogP contribution is 2.10. The molecule has 1 aromatic rings. The van der Waals surface area contributed by atoms with Crippen LogP contribution in [0.25, 0.3) is 0 Å². The fraction of sp³-hybridized carbons (Fsp3) is 0.462. The average Bonchev–Trinajstić information content (AvgIpc) is 2.30. The molecule has 1 rings (SSSR count). The minimum atomic E-state index is -0.434. The smallest absolute Gasteiger partial charge is 0.319 e. The van der Waals surface area contributed by atoms with Gasteiger partial charge >= 0.3 is 5.97 Å². The van der Waals surface area contributed by atoms with Crippen molar-refractivity contribution < 1.29 is 14.3 Å². The standard InChI is InChI=1S/C13H18O3S/c1-10(9-15-2)16-13(14)12(17)8-11-6-4-3-5-7-11/h3-7,10,12,17H,8-9H2,1-2H3. The molecule has 0 N–H and O–H groups in total. The van der Waals surface area contributed by atoms with Crippen molar-refractivity contribution in [1.82, 2.24) is 0 Å². The first-order valence-electron chi connectivity index (χ1n) is 5.55. The third-order valence-corrected chi connectivity index (χ3v) is 2.66. The fourth-order valence-electron chi connectivity index (χ4n) is 1.47. The quantitative estimate of drug-likeness (QED) is 0.624. The lowest BCUT2D eigenvalue weighted by molar-refractivity contribution is -0.149. The third-order valence-electron chi connectivity index (χ3n) is 2.26. The Morgan fingerprint density at radius 3 is 2.59 bits per heavy atom. The molecule has 0 bridgehead atoms. The van der Waals surface area contributed by atoms with E-state index in [2.05, 4.69) is 12.6 Å². The van der Waals surface area contributed by atoms with Crippen molar-refractivity contribution in [2.45, 2.75) is 24.7 Å². The Labute approximate surface area is 108 Å². The molecule has 3 nitrogen and oxygen atoms in total. The summed E-state index contributed by atoms with van der Waals surface area (Å²) in [5, 5.41) is -0.434. The van der Waals surface area contributed by atoms with E-state index in [0.29, 0.717) is 13.0 Å². The molecule has 1 aromatic carbocycles. The van der Waals surface area contributed by atoms with Gasteiger partial charge < -0.3 is 9.47 Å². The summed E-state index contributed by atoms with van der Waals surface area (Å²) in [5.41, 5.74) is 1.07. The number of esters is 1. The molecule has 0 aliphatic heterocycles. The van der Waals surface area contributed by atoms with Crippen LogP contribution in [0.4, 0.5) is 0 Å². The average molecular weight is 254 g/mol. The van der Waals surface area contributed by atoms with E-state index < -0.39 is 5.25 Å². The Balaban J connectivity index is 2.42. The maximum Gasteiger partial charge on any atom is 0.319 e. The molecule has 0 heterocycles. The highest BCUT2D eigenvalue weighted by Gasteiger charge is 2.18. The minimum absolute atomic E-state index is 0.238. The topological polar surface area (TPSA) is 35.5 Å². The van der Waals surface area contributed by atoms with Crippen LogP contribution in [0.3, 0.4) is 0 Å². The van der Waals surface area contributed by atoms with Crippen LogP contribution in [-0.4, -0.2) is 31.0 Å². The number of hydrogen-bond acceptors (Lipinski definition) is 4. The van der Waals surface area contributed by atoms with E-state index >= 15 is 0 Å². The predicted molar refractivity (Wildman–Crippen MR) is 70.4 cm³/mol. The molecule has 2 atom stereocenters. The van der Waals surface area contributed by atoms with E-state index in [1.54, 1.807) is 14.0 Å². The summed E-state index contributed by atoms with van der Waals surface area (Å²) in [5.74, 6) is -0.304. The van der Waals surface area contributed by atoms with E-state index in [4.69, 9.17) is 9.47 Å². The number of rotatable bonds is 6. The van der Waals surface area contributed by atoms with Crippen molar-refractivity contribution in [2.24, 2.45) is 0 Å². The highest BCUT2D eigenvalue weighted by atomic mass is 32.1. The summed E-state index contributed by atoms with van der Waals surface area (Å²) in [6.45, 7) is 2.20. The first-order chi connectivity index (χ1) is 8.13. The summed E-state index contributed by atoms with van der Waals surface area (Å²) in [6.07, 6.45) is 0.334. The summed E-state index contributed by atoms with van der Waals surface area (Å²) in [6, 6.07) is 9.75. The maximum absolute atomic E-state index is 11.7. The maximum atomic E-state index is 11.7.